The third-order valence-electron chi connectivity index (χ3n) is 3.07. The quantitative estimate of drug-likeness (QED) is 0.658. The molecule has 0 aromatic carbocycles. The molecule has 0 bridgehead atoms. The number of hydrogen-bond acceptors (Lipinski definition) is 3. The molecule has 0 radical (unpaired) electrons. The van der Waals surface area contributed by atoms with Gasteiger partial charge in [0.2, 0.25) is 0 Å². The van der Waals surface area contributed by atoms with Crippen LogP contribution in [0.25, 0.3) is 0 Å². The predicted octanol–water partition coefficient (Wildman–Crippen LogP) is 1.28. The van der Waals surface area contributed by atoms with Crippen LogP contribution in [0.1, 0.15) is 26.0 Å². The highest BCUT2D eigenvalue weighted by Gasteiger charge is 2.00. The largest absolute Gasteiger partial charge is 0.315 e. The van der Waals surface area contributed by atoms with Crippen molar-refractivity contribution in [2.24, 2.45) is 7.05 Å². The molecule has 0 aliphatic rings. The Hall–Kier alpha value is -0.870. The Kier molecular flexibility index (Phi) is 6.89. The molecule has 4 heteroatoms. The van der Waals surface area contributed by atoms with Crippen LogP contribution in [0.4, 0.5) is 0 Å². The molecule has 0 aliphatic heterocycles. The number of nitrogens with one attached hydrogen (secondary N) is 1. The molecule has 1 aromatic rings. The van der Waals surface area contributed by atoms with Gasteiger partial charge in [-0.25, -0.2) is 0 Å². The predicted molar refractivity (Wildman–Crippen MR) is 72.2 cm³/mol. The van der Waals surface area contributed by atoms with Crippen molar-refractivity contribution in [3.8, 4) is 0 Å². The van der Waals surface area contributed by atoms with E-state index in [0.29, 0.717) is 0 Å². The van der Waals surface area contributed by atoms with Crippen LogP contribution in [-0.2, 0) is 13.5 Å². The summed E-state index contributed by atoms with van der Waals surface area (Å²) >= 11 is 0. The highest BCUT2D eigenvalue weighted by atomic mass is 15.3. The summed E-state index contributed by atoms with van der Waals surface area (Å²) in [6, 6.07) is 2.08. The van der Waals surface area contributed by atoms with Crippen molar-refractivity contribution in [1.82, 2.24) is 20.0 Å². The Morgan fingerprint density at radius 2 is 2.12 bits per heavy atom. The molecule has 1 aromatic heterocycles. The molecule has 0 spiro atoms. The zero-order valence-electron chi connectivity index (χ0n) is 11.4. The lowest BCUT2D eigenvalue weighted by Gasteiger charge is -2.19. The number of rotatable bonds is 9. The highest BCUT2D eigenvalue weighted by molar-refractivity contribution is 5.00. The minimum Gasteiger partial charge on any atom is -0.315 e. The van der Waals surface area contributed by atoms with Crippen molar-refractivity contribution < 1.29 is 0 Å². The summed E-state index contributed by atoms with van der Waals surface area (Å²) in [6.45, 7) is 10.1. The second kappa shape index (κ2) is 8.25. The smallest absolute Gasteiger partial charge is 0.0492 e. The van der Waals surface area contributed by atoms with Crippen LogP contribution in [0.5, 0.6) is 0 Å². The van der Waals surface area contributed by atoms with E-state index in [-0.39, 0.29) is 0 Å². The molecule has 1 heterocycles. The van der Waals surface area contributed by atoms with Gasteiger partial charge in [0.15, 0.2) is 0 Å². The fourth-order valence-electron chi connectivity index (χ4n) is 1.97. The van der Waals surface area contributed by atoms with Crippen LogP contribution < -0.4 is 5.32 Å². The van der Waals surface area contributed by atoms with Gasteiger partial charge < -0.3 is 10.2 Å². The van der Waals surface area contributed by atoms with Gasteiger partial charge in [-0.3, -0.25) is 4.68 Å². The van der Waals surface area contributed by atoms with Gasteiger partial charge in [0.1, 0.15) is 0 Å². The van der Waals surface area contributed by atoms with Crippen LogP contribution in [-0.4, -0.2) is 47.4 Å². The second-order valence-electron chi connectivity index (χ2n) is 4.38. The minimum atomic E-state index is 1.03. The van der Waals surface area contributed by atoms with Crippen molar-refractivity contribution in [3.05, 3.63) is 18.0 Å². The van der Waals surface area contributed by atoms with Crippen molar-refractivity contribution in [2.75, 3.05) is 32.7 Å². The molecule has 17 heavy (non-hydrogen) atoms. The van der Waals surface area contributed by atoms with Crippen LogP contribution in [0.15, 0.2) is 12.3 Å². The Morgan fingerprint density at radius 1 is 1.29 bits per heavy atom. The van der Waals surface area contributed by atoms with Gasteiger partial charge >= 0.3 is 0 Å². The third-order valence-corrected chi connectivity index (χ3v) is 3.07. The second-order valence-corrected chi connectivity index (χ2v) is 4.38. The summed E-state index contributed by atoms with van der Waals surface area (Å²) in [5, 5.41) is 7.65. The average molecular weight is 238 g/mol. The molecule has 0 saturated heterocycles. The number of aryl methyl sites for hydroxylation is 1. The van der Waals surface area contributed by atoms with Gasteiger partial charge in [0.05, 0.1) is 0 Å². The average Bonchev–Trinajstić information content (AvgIpc) is 2.73. The Bertz CT molecular complexity index is 295. The lowest BCUT2D eigenvalue weighted by atomic mass is 10.3. The first-order valence-corrected chi connectivity index (χ1v) is 6.67. The molecule has 0 atom stereocenters. The van der Waals surface area contributed by atoms with Gasteiger partial charge in [-0.15, -0.1) is 0 Å². The topological polar surface area (TPSA) is 33.1 Å². The number of aromatic nitrogens is 2. The summed E-state index contributed by atoms with van der Waals surface area (Å²) in [5.74, 6) is 0. The summed E-state index contributed by atoms with van der Waals surface area (Å²) in [4.78, 5) is 2.48. The minimum absolute atomic E-state index is 1.03. The van der Waals surface area contributed by atoms with Gasteiger partial charge in [0.25, 0.3) is 0 Å². The first kappa shape index (κ1) is 14.2. The fraction of sp³-hybridized carbons (Fsp3) is 0.769. The monoisotopic (exact) mass is 238 g/mol. The van der Waals surface area contributed by atoms with Crippen molar-refractivity contribution in [1.29, 1.82) is 0 Å². The summed E-state index contributed by atoms with van der Waals surface area (Å²) in [5.41, 5.74) is 1.29. The van der Waals surface area contributed by atoms with Crippen LogP contribution in [0.3, 0.4) is 0 Å². The molecular formula is C13H26N4. The van der Waals surface area contributed by atoms with Crippen LogP contribution in [0.2, 0.25) is 0 Å². The Balaban J connectivity index is 2.06. The van der Waals surface area contributed by atoms with Crippen molar-refractivity contribution >= 4 is 0 Å². The zero-order chi connectivity index (χ0) is 12.5. The van der Waals surface area contributed by atoms with Gasteiger partial charge in [-0.05, 0) is 25.6 Å². The lowest BCUT2D eigenvalue weighted by Crippen LogP contribution is -2.33. The van der Waals surface area contributed by atoms with E-state index in [1.54, 1.807) is 0 Å². The molecule has 0 amide bonds. The van der Waals surface area contributed by atoms with E-state index in [9.17, 15) is 0 Å². The summed E-state index contributed by atoms with van der Waals surface area (Å²) < 4.78 is 1.94. The Labute approximate surface area is 105 Å². The van der Waals surface area contributed by atoms with E-state index >= 15 is 0 Å². The van der Waals surface area contributed by atoms with E-state index in [2.05, 4.69) is 35.2 Å². The van der Waals surface area contributed by atoms with Gasteiger partial charge in [-0.1, -0.05) is 13.8 Å². The number of nitrogens with zero attached hydrogens (tertiary/aromatic N) is 3. The van der Waals surface area contributed by atoms with E-state index < -0.39 is 0 Å². The van der Waals surface area contributed by atoms with E-state index in [1.165, 1.54) is 18.7 Å². The zero-order valence-corrected chi connectivity index (χ0v) is 11.4. The molecule has 0 aliphatic carbocycles. The van der Waals surface area contributed by atoms with E-state index in [0.717, 1.165) is 32.6 Å². The molecular weight excluding hydrogens is 212 g/mol. The maximum Gasteiger partial charge on any atom is 0.0492 e. The third kappa shape index (κ3) is 5.33. The standard InChI is InChI=1S/C13H26N4/c1-4-11-17(5-2)12-10-14-8-6-13-7-9-15-16(13)3/h7,9,14H,4-6,8,10-12H2,1-3H3. The van der Waals surface area contributed by atoms with Crippen molar-refractivity contribution in [3.63, 3.8) is 0 Å². The molecule has 0 unspecified atom stereocenters. The Morgan fingerprint density at radius 3 is 2.71 bits per heavy atom. The van der Waals surface area contributed by atoms with Crippen LogP contribution >= 0.6 is 0 Å². The normalized spacial score (nSPS) is 11.3. The summed E-state index contributed by atoms with van der Waals surface area (Å²) in [7, 11) is 2.00. The van der Waals surface area contributed by atoms with E-state index in [1.807, 2.05) is 17.9 Å². The highest BCUT2D eigenvalue weighted by Crippen LogP contribution is 1.96. The first-order chi connectivity index (χ1) is 8.27. The maximum atomic E-state index is 4.16. The van der Waals surface area contributed by atoms with E-state index in [4.69, 9.17) is 0 Å². The first-order valence-electron chi connectivity index (χ1n) is 6.67. The molecule has 0 saturated carbocycles. The van der Waals surface area contributed by atoms with Crippen LogP contribution in [0, 0.1) is 0 Å². The number of hydrogen-bond donors (Lipinski definition) is 1. The molecule has 98 valence electrons. The molecule has 4 nitrogen and oxygen atoms in total. The fourth-order valence-corrected chi connectivity index (χ4v) is 1.97. The molecule has 1 rings (SSSR count). The molecule has 1 N–H and O–H groups in total. The maximum absolute atomic E-state index is 4.16. The van der Waals surface area contributed by atoms with Crippen molar-refractivity contribution in [2.45, 2.75) is 26.7 Å². The SMILES string of the molecule is CCCN(CC)CCNCCc1ccnn1C. The van der Waals surface area contributed by atoms with Gasteiger partial charge in [0, 0.05) is 45.0 Å². The lowest BCUT2D eigenvalue weighted by molar-refractivity contribution is 0.288. The van der Waals surface area contributed by atoms with Gasteiger partial charge in [-0.2, -0.15) is 5.10 Å². The summed E-state index contributed by atoms with van der Waals surface area (Å²) in [6.07, 6.45) is 4.15. The molecule has 0 fully saturated rings. The number of likely N-dealkylation sites (N-methyl/N-ethyl adjacent to an activating group) is 1.